The Balaban J connectivity index is 1.80. The minimum Gasteiger partial charge on any atom is -0.491 e. The maximum atomic E-state index is 13.8. The molecule has 0 bridgehead atoms. The number of pyridine rings is 1. The van der Waals surface area contributed by atoms with Crippen LogP contribution in [0.1, 0.15) is 11.4 Å². The van der Waals surface area contributed by atoms with Crippen LogP contribution in [0.2, 0.25) is 0 Å². The molecule has 0 unspecified atom stereocenters. The quantitative estimate of drug-likeness (QED) is 0.569. The van der Waals surface area contributed by atoms with Gasteiger partial charge in [0.25, 0.3) is 0 Å². The van der Waals surface area contributed by atoms with Crippen molar-refractivity contribution in [2.24, 2.45) is 0 Å². The SMILES string of the molecule is COc1cn(CC(=O)Nc2ccc(F)cc2F)c(CSc2nc(C)cs2)cc1=O. The highest BCUT2D eigenvalue weighted by Crippen LogP contribution is 2.26. The number of ether oxygens (including phenoxy) is 1. The van der Waals surface area contributed by atoms with Crippen LogP contribution < -0.4 is 15.5 Å². The van der Waals surface area contributed by atoms with Gasteiger partial charge in [-0.25, -0.2) is 13.8 Å². The van der Waals surface area contributed by atoms with Crippen molar-refractivity contribution in [2.75, 3.05) is 12.4 Å². The summed E-state index contributed by atoms with van der Waals surface area (Å²) in [7, 11) is 1.36. The lowest BCUT2D eigenvalue weighted by Crippen LogP contribution is -2.23. The molecule has 0 fully saturated rings. The first-order chi connectivity index (χ1) is 13.9. The van der Waals surface area contributed by atoms with Crippen molar-refractivity contribution in [3.63, 3.8) is 0 Å². The summed E-state index contributed by atoms with van der Waals surface area (Å²) in [6, 6.07) is 4.30. The predicted octanol–water partition coefficient (Wildman–Crippen LogP) is 3.83. The molecule has 3 rings (SSSR count). The molecule has 6 nitrogen and oxygen atoms in total. The summed E-state index contributed by atoms with van der Waals surface area (Å²) in [5, 5.41) is 4.33. The van der Waals surface area contributed by atoms with E-state index in [0.717, 1.165) is 22.2 Å². The summed E-state index contributed by atoms with van der Waals surface area (Å²) in [5.74, 6) is -1.64. The van der Waals surface area contributed by atoms with Crippen molar-refractivity contribution in [3.8, 4) is 5.75 Å². The molecule has 2 heterocycles. The van der Waals surface area contributed by atoms with Gasteiger partial charge in [0.05, 0.1) is 19.0 Å². The van der Waals surface area contributed by atoms with Crippen LogP contribution >= 0.6 is 23.1 Å². The zero-order valence-electron chi connectivity index (χ0n) is 15.6. The van der Waals surface area contributed by atoms with Crippen molar-refractivity contribution >= 4 is 34.7 Å². The summed E-state index contributed by atoms with van der Waals surface area (Å²) in [6.45, 7) is 1.71. The van der Waals surface area contributed by atoms with Gasteiger partial charge in [0.1, 0.15) is 22.5 Å². The summed E-state index contributed by atoms with van der Waals surface area (Å²) in [6.07, 6.45) is 1.44. The Kier molecular flexibility index (Phi) is 6.65. The van der Waals surface area contributed by atoms with E-state index in [2.05, 4.69) is 10.3 Å². The molecule has 0 saturated carbocycles. The number of thioether (sulfide) groups is 1. The molecule has 152 valence electrons. The Labute approximate surface area is 173 Å². The highest BCUT2D eigenvalue weighted by Gasteiger charge is 2.13. The number of carbonyl (C=O) groups is 1. The molecule has 0 aliphatic rings. The van der Waals surface area contributed by atoms with Crippen LogP contribution in [0, 0.1) is 18.6 Å². The van der Waals surface area contributed by atoms with E-state index >= 15 is 0 Å². The van der Waals surface area contributed by atoms with Crippen LogP contribution in [0.3, 0.4) is 0 Å². The van der Waals surface area contributed by atoms with E-state index in [-0.39, 0.29) is 23.4 Å². The largest absolute Gasteiger partial charge is 0.491 e. The number of rotatable bonds is 7. The fraction of sp³-hybridized carbons (Fsp3) is 0.211. The number of nitrogens with zero attached hydrogens (tertiary/aromatic N) is 2. The van der Waals surface area contributed by atoms with E-state index < -0.39 is 17.5 Å². The number of aromatic nitrogens is 2. The van der Waals surface area contributed by atoms with E-state index in [4.69, 9.17) is 4.74 Å². The van der Waals surface area contributed by atoms with Gasteiger partial charge in [-0.3, -0.25) is 9.59 Å². The first-order valence-corrected chi connectivity index (χ1v) is 10.3. The average Bonchev–Trinajstić information content (AvgIpc) is 3.09. The summed E-state index contributed by atoms with van der Waals surface area (Å²) in [4.78, 5) is 28.9. The smallest absolute Gasteiger partial charge is 0.244 e. The lowest BCUT2D eigenvalue weighted by molar-refractivity contribution is -0.116. The molecule has 10 heteroatoms. The Hall–Kier alpha value is -2.72. The first-order valence-electron chi connectivity index (χ1n) is 8.43. The van der Waals surface area contributed by atoms with Gasteiger partial charge >= 0.3 is 0 Å². The third kappa shape index (κ3) is 5.42. The highest BCUT2D eigenvalue weighted by atomic mass is 32.2. The maximum absolute atomic E-state index is 13.8. The number of amides is 1. The van der Waals surface area contributed by atoms with Crippen molar-refractivity contribution < 1.29 is 18.3 Å². The molecule has 0 atom stereocenters. The second-order valence-corrected chi connectivity index (χ2v) is 8.12. The number of aryl methyl sites for hydroxylation is 1. The number of nitrogens with one attached hydrogen (secondary N) is 1. The average molecular weight is 437 g/mol. The first kappa shape index (κ1) is 21.0. The number of carbonyl (C=O) groups excluding carboxylic acids is 1. The van der Waals surface area contributed by atoms with Crippen LogP contribution in [-0.4, -0.2) is 22.6 Å². The molecule has 29 heavy (non-hydrogen) atoms. The van der Waals surface area contributed by atoms with Gasteiger partial charge in [-0.2, -0.15) is 0 Å². The lowest BCUT2D eigenvalue weighted by Gasteiger charge is -2.14. The Morgan fingerprint density at radius 3 is 2.79 bits per heavy atom. The summed E-state index contributed by atoms with van der Waals surface area (Å²) < 4.78 is 34.3. The van der Waals surface area contributed by atoms with Gasteiger partial charge < -0.3 is 14.6 Å². The van der Waals surface area contributed by atoms with Gasteiger partial charge in [-0.15, -0.1) is 11.3 Å². The minimum absolute atomic E-state index is 0.0876. The van der Waals surface area contributed by atoms with E-state index in [9.17, 15) is 18.4 Å². The van der Waals surface area contributed by atoms with E-state index in [0.29, 0.717) is 17.5 Å². The number of benzene rings is 1. The van der Waals surface area contributed by atoms with E-state index in [1.807, 2.05) is 12.3 Å². The Morgan fingerprint density at radius 2 is 2.14 bits per heavy atom. The van der Waals surface area contributed by atoms with Crippen LogP contribution in [0.4, 0.5) is 14.5 Å². The molecule has 0 aliphatic carbocycles. The van der Waals surface area contributed by atoms with Crippen LogP contribution in [-0.2, 0) is 17.1 Å². The predicted molar refractivity (Wildman–Crippen MR) is 109 cm³/mol. The fourth-order valence-corrected chi connectivity index (χ4v) is 4.33. The second kappa shape index (κ2) is 9.19. The minimum atomic E-state index is -0.870. The number of halogens is 2. The van der Waals surface area contributed by atoms with Gasteiger partial charge in [-0.1, -0.05) is 11.8 Å². The lowest BCUT2D eigenvalue weighted by atomic mass is 10.3. The second-order valence-electron chi connectivity index (χ2n) is 6.04. The maximum Gasteiger partial charge on any atom is 0.244 e. The number of methoxy groups -OCH3 is 1. The third-order valence-electron chi connectivity index (χ3n) is 3.86. The number of thiazole rings is 1. The van der Waals surface area contributed by atoms with E-state index in [1.165, 1.54) is 42.5 Å². The zero-order chi connectivity index (χ0) is 21.0. The van der Waals surface area contributed by atoms with Crippen molar-refractivity contribution in [1.29, 1.82) is 0 Å². The molecule has 2 aromatic heterocycles. The molecule has 0 radical (unpaired) electrons. The van der Waals surface area contributed by atoms with Gasteiger partial charge in [0, 0.05) is 34.7 Å². The molecule has 1 amide bonds. The van der Waals surface area contributed by atoms with Gasteiger partial charge in [0.2, 0.25) is 11.3 Å². The zero-order valence-corrected chi connectivity index (χ0v) is 17.2. The molecule has 0 aliphatic heterocycles. The summed E-state index contributed by atoms with van der Waals surface area (Å²) in [5.41, 5.74) is 1.06. The van der Waals surface area contributed by atoms with Crippen molar-refractivity contribution in [1.82, 2.24) is 9.55 Å². The van der Waals surface area contributed by atoms with Crippen LogP contribution in [0.25, 0.3) is 0 Å². The highest BCUT2D eigenvalue weighted by molar-refractivity contribution is 8.00. The van der Waals surface area contributed by atoms with Gasteiger partial charge in [-0.05, 0) is 19.1 Å². The number of hydrogen-bond acceptors (Lipinski definition) is 6. The van der Waals surface area contributed by atoms with Crippen LogP contribution in [0.5, 0.6) is 5.75 Å². The molecule has 1 N–H and O–H groups in total. The third-order valence-corrected chi connectivity index (χ3v) is 6.04. The van der Waals surface area contributed by atoms with Gasteiger partial charge in [0.15, 0.2) is 5.75 Å². The van der Waals surface area contributed by atoms with Crippen molar-refractivity contribution in [2.45, 2.75) is 23.6 Å². The van der Waals surface area contributed by atoms with E-state index in [1.54, 1.807) is 4.57 Å². The molecule has 1 aromatic carbocycles. The van der Waals surface area contributed by atoms with Crippen LogP contribution in [0.15, 0.2) is 45.0 Å². The Bertz CT molecular complexity index is 1100. The fourth-order valence-electron chi connectivity index (χ4n) is 2.49. The normalized spacial score (nSPS) is 10.8. The summed E-state index contributed by atoms with van der Waals surface area (Å²) >= 11 is 2.93. The number of anilines is 1. The monoisotopic (exact) mass is 437 g/mol. The topological polar surface area (TPSA) is 73.2 Å². The molecular weight excluding hydrogens is 420 g/mol. The standard InChI is InChI=1S/C19H17F2N3O3S2/c1-11-9-28-19(22-11)29-10-13-6-16(25)17(27-2)7-24(13)8-18(26)23-15-4-3-12(20)5-14(15)21/h3-7,9H,8,10H2,1-2H3,(H,23,26). The molecular formula is C19H17F2N3O3S2. The molecule has 3 aromatic rings. The molecule has 0 spiro atoms. The molecule has 0 saturated heterocycles. The Morgan fingerprint density at radius 1 is 1.34 bits per heavy atom. The van der Waals surface area contributed by atoms with Crippen molar-refractivity contribution in [3.05, 3.63) is 69.1 Å². The number of hydrogen-bond donors (Lipinski definition) is 1.